The number of halogens is 4. The number of sulfonamides is 2. The van der Waals surface area contributed by atoms with Crippen LogP contribution in [-0.2, 0) is 31.0 Å². The zero-order valence-corrected chi connectivity index (χ0v) is 23.5. The van der Waals surface area contributed by atoms with Crippen LogP contribution in [0.1, 0.15) is 5.56 Å². The molecule has 0 aliphatic rings. The molecule has 10 nitrogen and oxygen atoms in total. The zero-order chi connectivity index (χ0) is 29.9. The smallest absolute Gasteiger partial charge is 0.416 e. The van der Waals surface area contributed by atoms with Crippen LogP contribution in [0.25, 0.3) is 0 Å². The van der Waals surface area contributed by atoms with Crippen LogP contribution in [0.3, 0.4) is 0 Å². The second-order valence-corrected chi connectivity index (χ2v) is 12.2. The van der Waals surface area contributed by atoms with Gasteiger partial charge in [-0.25, -0.2) is 16.8 Å². The van der Waals surface area contributed by atoms with Crippen molar-refractivity contribution in [2.45, 2.75) is 11.1 Å². The predicted molar refractivity (Wildman–Crippen MR) is 144 cm³/mol. The highest BCUT2D eigenvalue weighted by atomic mass is 35.5. The predicted octanol–water partition coefficient (Wildman–Crippen LogP) is 4.58. The lowest BCUT2D eigenvalue weighted by atomic mass is 10.2. The van der Waals surface area contributed by atoms with E-state index in [0.29, 0.717) is 28.4 Å². The monoisotopic (exact) mass is 621 g/mol. The van der Waals surface area contributed by atoms with Gasteiger partial charge in [0.2, 0.25) is 15.9 Å². The van der Waals surface area contributed by atoms with Crippen LogP contribution in [0, 0.1) is 0 Å². The zero-order valence-electron chi connectivity index (χ0n) is 21.1. The van der Waals surface area contributed by atoms with E-state index in [1.165, 1.54) is 50.6 Å². The van der Waals surface area contributed by atoms with E-state index in [9.17, 15) is 34.8 Å². The number of nitrogens with zero attached hydrogens (tertiary/aromatic N) is 1. The molecule has 2 N–H and O–H groups in total. The Hall–Kier alpha value is -3.69. The molecule has 0 aliphatic heterocycles. The molecule has 0 radical (unpaired) electrons. The first kappa shape index (κ1) is 30.8. The summed E-state index contributed by atoms with van der Waals surface area (Å²) in [5.41, 5.74) is -1.48. The number of rotatable bonds is 10. The molecule has 0 heterocycles. The lowest BCUT2D eigenvalue weighted by Crippen LogP contribution is -2.37. The Bertz CT molecular complexity index is 1620. The number of ether oxygens (including phenoxy) is 2. The van der Waals surface area contributed by atoms with Gasteiger partial charge in [0.1, 0.15) is 18.0 Å². The second kappa shape index (κ2) is 11.8. The van der Waals surface area contributed by atoms with Crippen LogP contribution < -0.4 is 23.8 Å². The summed E-state index contributed by atoms with van der Waals surface area (Å²) in [5, 5.41) is 2.06. The van der Waals surface area contributed by atoms with Crippen molar-refractivity contribution in [3.63, 3.8) is 0 Å². The summed E-state index contributed by atoms with van der Waals surface area (Å²) in [5.74, 6) is -0.301. The maximum atomic E-state index is 13.2. The van der Waals surface area contributed by atoms with Crippen molar-refractivity contribution < 1.29 is 44.3 Å². The highest BCUT2D eigenvalue weighted by Crippen LogP contribution is 2.36. The Morgan fingerprint density at radius 2 is 1.60 bits per heavy atom. The molecule has 0 aromatic heterocycles. The summed E-state index contributed by atoms with van der Waals surface area (Å²) in [4.78, 5) is 12.5. The molecule has 0 bridgehead atoms. The summed E-state index contributed by atoms with van der Waals surface area (Å²) in [6.07, 6.45) is -4.07. The Morgan fingerprint density at radius 3 is 2.15 bits per heavy atom. The molecule has 16 heteroatoms. The van der Waals surface area contributed by atoms with Crippen LogP contribution in [0.15, 0.2) is 65.6 Å². The molecule has 1 amide bonds. The van der Waals surface area contributed by atoms with Gasteiger partial charge >= 0.3 is 6.18 Å². The van der Waals surface area contributed by atoms with Crippen molar-refractivity contribution >= 4 is 54.6 Å². The Balaban J connectivity index is 1.79. The van der Waals surface area contributed by atoms with E-state index in [1.54, 1.807) is 6.07 Å². The maximum absolute atomic E-state index is 13.2. The normalized spacial score (nSPS) is 12.0. The Kier molecular flexibility index (Phi) is 9.11. The van der Waals surface area contributed by atoms with Gasteiger partial charge in [0.05, 0.1) is 47.3 Å². The van der Waals surface area contributed by atoms with Gasteiger partial charge in [-0.15, -0.1) is 0 Å². The quantitative estimate of drug-likeness (QED) is 0.339. The molecule has 0 aliphatic carbocycles. The fourth-order valence-electron chi connectivity index (χ4n) is 3.41. The molecule has 0 atom stereocenters. The van der Waals surface area contributed by atoms with Crippen molar-refractivity contribution in [1.29, 1.82) is 0 Å². The van der Waals surface area contributed by atoms with Gasteiger partial charge in [-0.05, 0) is 54.6 Å². The number of alkyl halides is 3. The highest BCUT2D eigenvalue weighted by Gasteiger charge is 2.33. The molecule has 0 saturated carbocycles. The molecule has 0 spiro atoms. The van der Waals surface area contributed by atoms with Gasteiger partial charge in [0.15, 0.2) is 0 Å². The minimum absolute atomic E-state index is 0.0894. The van der Waals surface area contributed by atoms with Gasteiger partial charge in [-0.2, -0.15) is 13.2 Å². The first-order valence-electron chi connectivity index (χ1n) is 11.0. The number of anilines is 3. The largest absolute Gasteiger partial charge is 0.497 e. The minimum Gasteiger partial charge on any atom is -0.497 e. The highest BCUT2D eigenvalue weighted by molar-refractivity contribution is 7.92. The fourth-order valence-corrected chi connectivity index (χ4v) is 5.60. The lowest BCUT2D eigenvalue weighted by Gasteiger charge is -2.24. The third-order valence-corrected chi connectivity index (χ3v) is 8.16. The van der Waals surface area contributed by atoms with Gasteiger partial charge in [-0.1, -0.05) is 11.6 Å². The van der Waals surface area contributed by atoms with E-state index in [4.69, 9.17) is 21.1 Å². The average molecular weight is 622 g/mol. The summed E-state index contributed by atoms with van der Waals surface area (Å²) in [6, 6.07) is 11.5. The van der Waals surface area contributed by atoms with E-state index in [1.807, 2.05) is 0 Å². The molecule has 3 aromatic rings. The van der Waals surface area contributed by atoms with Gasteiger partial charge in [-0.3, -0.25) is 13.8 Å². The maximum Gasteiger partial charge on any atom is 0.416 e. The van der Waals surface area contributed by atoms with E-state index in [2.05, 4.69) is 10.0 Å². The molecule has 3 rings (SSSR count). The number of hydrogen-bond donors (Lipinski definition) is 2. The van der Waals surface area contributed by atoms with E-state index < -0.39 is 49.9 Å². The molecule has 3 aromatic carbocycles. The van der Waals surface area contributed by atoms with Crippen molar-refractivity contribution in [2.75, 3.05) is 41.4 Å². The average Bonchev–Trinajstić information content (AvgIpc) is 2.86. The molecular formula is C24H23ClF3N3O7S2. The lowest BCUT2D eigenvalue weighted by molar-refractivity contribution is -0.137. The van der Waals surface area contributed by atoms with Gasteiger partial charge in [0.25, 0.3) is 10.0 Å². The van der Waals surface area contributed by atoms with E-state index in [-0.39, 0.29) is 27.0 Å². The summed E-state index contributed by atoms with van der Waals surface area (Å²) in [7, 11) is -5.57. The molecular weight excluding hydrogens is 599 g/mol. The minimum atomic E-state index is -4.78. The van der Waals surface area contributed by atoms with E-state index >= 15 is 0 Å². The molecule has 40 heavy (non-hydrogen) atoms. The third kappa shape index (κ3) is 7.49. The number of methoxy groups -OCH3 is 2. The summed E-state index contributed by atoms with van der Waals surface area (Å²) in [6.45, 7) is -0.906. The SMILES string of the molecule is COc1ccc(OC)c(NS(=O)(=O)c2ccc(NC(=O)CN(c3cc(C(F)(F)F)ccc3Cl)S(C)(=O)=O)cc2)c1. The van der Waals surface area contributed by atoms with Crippen LogP contribution in [-0.4, -0.2) is 49.8 Å². The van der Waals surface area contributed by atoms with Crippen LogP contribution in [0.2, 0.25) is 5.02 Å². The number of carbonyl (C=O) groups is 1. The topological polar surface area (TPSA) is 131 Å². The van der Waals surface area contributed by atoms with Crippen LogP contribution >= 0.6 is 11.6 Å². The third-order valence-electron chi connectivity index (χ3n) is 5.33. The Labute approximate surface area is 233 Å². The number of hydrogen-bond acceptors (Lipinski definition) is 7. The number of carbonyl (C=O) groups excluding carboxylic acids is 1. The molecule has 0 fully saturated rings. The summed E-state index contributed by atoms with van der Waals surface area (Å²) >= 11 is 5.96. The second-order valence-electron chi connectivity index (χ2n) is 8.18. The van der Waals surface area contributed by atoms with Crippen molar-refractivity contribution in [3.8, 4) is 11.5 Å². The van der Waals surface area contributed by atoms with Crippen molar-refractivity contribution in [1.82, 2.24) is 0 Å². The van der Waals surface area contributed by atoms with Crippen molar-refractivity contribution in [2.24, 2.45) is 0 Å². The first-order valence-corrected chi connectivity index (χ1v) is 14.8. The number of amides is 1. The Morgan fingerprint density at radius 1 is 0.950 bits per heavy atom. The molecule has 0 unspecified atom stereocenters. The fraction of sp³-hybridized carbons (Fsp3) is 0.208. The van der Waals surface area contributed by atoms with E-state index in [0.717, 1.165) is 6.07 Å². The number of nitrogens with one attached hydrogen (secondary N) is 2. The van der Waals surface area contributed by atoms with Gasteiger partial charge < -0.3 is 14.8 Å². The number of benzene rings is 3. The first-order chi connectivity index (χ1) is 18.5. The molecule has 0 saturated heterocycles. The van der Waals surface area contributed by atoms with Crippen LogP contribution in [0.5, 0.6) is 11.5 Å². The summed E-state index contributed by atoms with van der Waals surface area (Å²) < 4.78 is 103. The standard InChI is InChI=1S/C24H23ClF3N3O7S2/c1-37-17-7-11-22(38-2)20(13-17)30-40(35,36)18-8-5-16(6-9-18)29-23(32)14-31(39(3,33)34)21-12-15(24(26,27)28)4-10-19(21)25/h4-13,30H,14H2,1-3H3,(H,29,32). The molecule has 216 valence electrons. The van der Waals surface area contributed by atoms with Crippen molar-refractivity contribution in [3.05, 3.63) is 71.2 Å². The van der Waals surface area contributed by atoms with Gasteiger partial charge in [0, 0.05) is 11.8 Å². The van der Waals surface area contributed by atoms with Crippen LogP contribution in [0.4, 0.5) is 30.2 Å².